The van der Waals surface area contributed by atoms with Gasteiger partial charge in [0.2, 0.25) is 0 Å². The third-order valence-corrected chi connectivity index (χ3v) is 3.88. The van der Waals surface area contributed by atoms with Crippen LogP contribution >= 0.6 is 0 Å². The number of aromatic amines is 1. The first-order valence-electron chi connectivity index (χ1n) is 8.63. The minimum atomic E-state index is -0.404. The number of nitrogens with one attached hydrogen (secondary N) is 2. The number of methoxy groups -OCH3 is 1. The van der Waals surface area contributed by atoms with Gasteiger partial charge < -0.3 is 24.7 Å². The summed E-state index contributed by atoms with van der Waals surface area (Å²) in [6.07, 6.45) is 0.754. The quantitative estimate of drug-likeness (QED) is 0.496. The Morgan fingerprint density at radius 2 is 1.92 bits per heavy atom. The molecule has 0 unspecified atom stereocenters. The molecule has 0 aromatic carbocycles. The molecule has 0 aliphatic heterocycles. The second-order valence-corrected chi connectivity index (χ2v) is 6.48. The predicted octanol–water partition coefficient (Wildman–Crippen LogP) is 1.89. The van der Waals surface area contributed by atoms with Gasteiger partial charge >= 0.3 is 5.97 Å². The number of likely N-dealkylation sites (N-methyl/N-ethyl adjacent to an activating group) is 1. The zero-order valence-electron chi connectivity index (χ0n) is 16.2. The third kappa shape index (κ3) is 6.51. The van der Waals surface area contributed by atoms with E-state index in [2.05, 4.69) is 15.2 Å². The van der Waals surface area contributed by atoms with Crippen molar-refractivity contribution in [3.05, 3.63) is 22.5 Å². The summed E-state index contributed by atoms with van der Waals surface area (Å²) in [6.45, 7) is 10.0. The first-order chi connectivity index (χ1) is 11.8. The Morgan fingerprint density at radius 1 is 1.24 bits per heavy atom. The Hall–Kier alpha value is -1.86. The largest absolute Gasteiger partial charge is 0.459 e. The van der Waals surface area contributed by atoms with Gasteiger partial charge in [-0.1, -0.05) is 0 Å². The molecule has 0 saturated carbocycles. The van der Waals surface area contributed by atoms with E-state index in [4.69, 9.17) is 9.47 Å². The van der Waals surface area contributed by atoms with Gasteiger partial charge in [-0.05, 0) is 46.7 Å². The SMILES string of the molecule is COCCCN(C)CCNC(=O)c1[nH]c(C)c(C(=O)OC(C)C)c1C. The highest BCUT2D eigenvalue weighted by molar-refractivity contribution is 6.00. The number of H-pyrrole nitrogens is 1. The van der Waals surface area contributed by atoms with E-state index in [1.54, 1.807) is 34.8 Å². The van der Waals surface area contributed by atoms with Crippen molar-refractivity contribution in [1.82, 2.24) is 15.2 Å². The minimum Gasteiger partial charge on any atom is -0.459 e. The molecule has 0 spiro atoms. The van der Waals surface area contributed by atoms with Gasteiger partial charge in [-0.2, -0.15) is 0 Å². The molecule has 0 radical (unpaired) electrons. The molecule has 1 aromatic heterocycles. The van der Waals surface area contributed by atoms with Crippen molar-refractivity contribution < 1.29 is 19.1 Å². The number of amides is 1. The zero-order chi connectivity index (χ0) is 19.0. The Labute approximate surface area is 150 Å². The van der Waals surface area contributed by atoms with Crippen molar-refractivity contribution in [2.45, 2.75) is 40.2 Å². The maximum Gasteiger partial charge on any atom is 0.340 e. The van der Waals surface area contributed by atoms with Crippen molar-refractivity contribution in [3.8, 4) is 0 Å². The molecule has 1 heterocycles. The molecule has 0 fully saturated rings. The van der Waals surface area contributed by atoms with E-state index in [1.165, 1.54) is 0 Å². The molecule has 0 saturated heterocycles. The van der Waals surface area contributed by atoms with Crippen molar-refractivity contribution in [2.24, 2.45) is 0 Å². The number of nitrogens with zero attached hydrogens (tertiary/aromatic N) is 1. The van der Waals surface area contributed by atoms with Crippen molar-refractivity contribution in [2.75, 3.05) is 40.4 Å². The average Bonchev–Trinajstić information content (AvgIpc) is 2.81. The van der Waals surface area contributed by atoms with Crippen molar-refractivity contribution in [3.63, 3.8) is 0 Å². The molecular formula is C18H31N3O4. The highest BCUT2D eigenvalue weighted by atomic mass is 16.5. The molecule has 0 aliphatic rings. The Morgan fingerprint density at radius 3 is 2.52 bits per heavy atom. The number of carbonyl (C=O) groups is 2. The minimum absolute atomic E-state index is 0.202. The molecule has 1 rings (SSSR count). The van der Waals surface area contributed by atoms with E-state index in [-0.39, 0.29) is 12.0 Å². The van der Waals surface area contributed by atoms with E-state index < -0.39 is 5.97 Å². The van der Waals surface area contributed by atoms with Crippen molar-refractivity contribution in [1.29, 1.82) is 0 Å². The third-order valence-electron chi connectivity index (χ3n) is 3.88. The number of hydrogen-bond acceptors (Lipinski definition) is 5. The smallest absolute Gasteiger partial charge is 0.340 e. The molecule has 25 heavy (non-hydrogen) atoms. The molecular weight excluding hydrogens is 322 g/mol. The normalized spacial score (nSPS) is 11.2. The molecule has 0 bridgehead atoms. The van der Waals surface area contributed by atoms with Crippen LogP contribution in [0.3, 0.4) is 0 Å². The summed E-state index contributed by atoms with van der Waals surface area (Å²) in [5.41, 5.74) is 2.12. The van der Waals surface area contributed by atoms with Gasteiger partial charge in [0.1, 0.15) is 5.69 Å². The Bertz CT molecular complexity index is 581. The van der Waals surface area contributed by atoms with Crippen LogP contribution in [0.15, 0.2) is 0 Å². The summed E-state index contributed by atoms with van der Waals surface area (Å²) in [6, 6.07) is 0. The number of ether oxygens (including phenoxy) is 2. The number of aromatic nitrogens is 1. The highest BCUT2D eigenvalue weighted by Gasteiger charge is 2.23. The fraction of sp³-hybridized carbons (Fsp3) is 0.667. The Kier molecular flexibility index (Phi) is 8.65. The second-order valence-electron chi connectivity index (χ2n) is 6.48. The van der Waals surface area contributed by atoms with Gasteiger partial charge in [0.25, 0.3) is 5.91 Å². The molecule has 142 valence electrons. The number of carbonyl (C=O) groups excluding carboxylic acids is 2. The van der Waals surface area contributed by atoms with Crippen LogP contribution in [0.4, 0.5) is 0 Å². The first-order valence-corrected chi connectivity index (χ1v) is 8.63. The topological polar surface area (TPSA) is 83.7 Å². The second kappa shape index (κ2) is 10.2. The lowest BCUT2D eigenvalue weighted by Crippen LogP contribution is -2.34. The Balaban J connectivity index is 2.60. The summed E-state index contributed by atoms with van der Waals surface area (Å²) in [5, 5.41) is 2.89. The van der Waals surface area contributed by atoms with Gasteiger partial charge in [0.05, 0.1) is 11.7 Å². The number of esters is 1. The van der Waals surface area contributed by atoms with E-state index in [1.807, 2.05) is 7.05 Å². The summed E-state index contributed by atoms with van der Waals surface area (Å²) in [7, 11) is 3.69. The lowest BCUT2D eigenvalue weighted by atomic mass is 10.1. The fourth-order valence-corrected chi connectivity index (χ4v) is 2.60. The van der Waals surface area contributed by atoms with E-state index in [9.17, 15) is 9.59 Å². The van der Waals surface area contributed by atoms with Crippen LogP contribution in [0.25, 0.3) is 0 Å². The number of aryl methyl sites for hydroxylation is 1. The summed E-state index contributed by atoms with van der Waals surface area (Å²) < 4.78 is 10.3. The van der Waals surface area contributed by atoms with Crippen LogP contribution in [0.2, 0.25) is 0 Å². The average molecular weight is 353 g/mol. The molecule has 7 heteroatoms. The molecule has 0 atom stereocenters. The molecule has 1 amide bonds. The van der Waals surface area contributed by atoms with Crippen LogP contribution < -0.4 is 5.32 Å². The van der Waals surface area contributed by atoms with Crippen LogP contribution in [0.1, 0.15) is 52.4 Å². The van der Waals surface area contributed by atoms with Gasteiger partial charge in [-0.25, -0.2) is 4.79 Å². The highest BCUT2D eigenvalue weighted by Crippen LogP contribution is 2.19. The van der Waals surface area contributed by atoms with Gasteiger partial charge in [-0.3, -0.25) is 4.79 Å². The summed E-state index contributed by atoms with van der Waals surface area (Å²) in [4.78, 5) is 29.7. The first kappa shape index (κ1) is 21.2. The fourth-order valence-electron chi connectivity index (χ4n) is 2.60. The van der Waals surface area contributed by atoms with Crippen LogP contribution in [-0.2, 0) is 9.47 Å². The maximum atomic E-state index is 12.4. The monoisotopic (exact) mass is 353 g/mol. The maximum absolute atomic E-state index is 12.4. The molecule has 1 aromatic rings. The van der Waals surface area contributed by atoms with Gasteiger partial charge in [-0.15, -0.1) is 0 Å². The predicted molar refractivity (Wildman–Crippen MR) is 97.1 cm³/mol. The zero-order valence-corrected chi connectivity index (χ0v) is 16.2. The van der Waals surface area contributed by atoms with E-state index in [0.717, 1.165) is 26.1 Å². The standard InChI is InChI=1S/C18H31N3O4/c1-12(2)25-18(23)15-13(3)16(20-14(15)4)17(22)19-8-10-21(5)9-7-11-24-6/h12,20H,7-11H2,1-6H3,(H,19,22). The van der Waals surface area contributed by atoms with E-state index >= 15 is 0 Å². The van der Waals surface area contributed by atoms with Crippen LogP contribution in [-0.4, -0.2) is 68.3 Å². The number of hydrogen-bond donors (Lipinski definition) is 2. The molecule has 2 N–H and O–H groups in total. The number of rotatable bonds is 10. The molecule has 0 aliphatic carbocycles. The van der Waals surface area contributed by atoms with Crippen molar-refractivity contribution >= 4 is 11.9 Å². The van der Waals surface area contributed by atoms with Crippen LogP contribution in [0.5, 0.6) is 0 Å². The molecule has 7 nitrogen and oxygen atoms in total. The lowest BCUT2D eigenvalue weighted by molar-refractivity contribution is 0.0376. The van der Waals surface area contributed by atoms with E-state index in [0.29, 0.717) is 29.1 Å². The van der Waals surface area contributed by atoms with Gasteiger partial charge in [0, 0.05) is 39.0 Å². The van der Waals surface area contributed by atoms with Crippen LogP contribution in [0, 0.1) is 13.8 Å². The van der Waals surface area contributed by atoms with Gasteiger partial charge in [0.15, 0.2) is 0 Å². The summed E-state index contributed by atoms with van der Waals surface area (Å²) >= 11 is 0. The lowest BCUT2D eigenvalue weighted by Gasteiger charge is -2.16. The summed E-state index contributed by atoms with van der Waals surface area (Å²) in [5.74, 6) is -0.618.